The van der Waals surface area contributed by atoms with Gasteiger partial charge in [0.15, 0.2) is 5.75 Å². The Kier molecular flexibility index (Phi) is 12.5. The van der Waals surface area contributed by atoms with Crippen molar-refractivity contribution in [3.63, 3.8) is 0 Å². The van der Waals surface area contributed by atoms with E-state index in [0.717, 1.165) is 32.1 Å². The number of para-hydroxylation sites is 2. The summed E-state index contributed by atoms with van der Waals surface area (Å²) < 4.78 is 28.1. The van der Waals surface area contributed by atoms with Gasteiger partial charge in [-0.15, -0.1) is 0 Å². The van der Waals surface area contributed by atoms with E-state index in [-0.39, 0.29) is 31.0 Å². The number of aliphatic carboxylic acids is 1. The van der Waals surface area contributed by atoms with E-state index >= 15 is 0 Å². The van der Waals surface area contributed by atoms with Gasteiger partial charge in [0, 0.05) is 6.07 Å². The van der Waals surface area contributed by atoms with Crippen LogP contribution < -0.4 is 4.74 Å². The van der Waals surface area contributed by atoms with Gasteiger partial charge in [0.25, 0.3) is 0 Å². The fourth-order valence-electron chi connectivity index (χ4n) is 3.16. The van der Waals surface area contributed by atoms with Gasteiger partial charge in [-0.3, -0.25) is 24.0 Å². The van der Waals surface area contributed by atoms with Crippen LogP contribution in [-0.2, 0) is 18.4 Å². The Bertz CT molecular complexity index is 798. The molecule has 0 fully saturated rings. The Hall–Kier alpha value is -2.04. The molecule has 1 aromatic rings. The van der Waals surface area contributed by atoms with Gasteiger partial charge in [-0.2, -0.15) is 0 Å². The number of carbonyl (C=O) groups is 1. The lowest BCUT2D eigenvalue weighted by molar-refractivity contribution is -0.873. The van der Waals surface area contributed by atoms with E-state index in [2.05, 4.69) is 0 Å². The van der Waals surface area contributed by atoms with E-state index in [9.17, 15) is 24.4 Å². The number of carboxylic acids is 1. The molecule has 188 valence electrons. The number of quaternary nitrogens is 1. The Morgan fingerprint density at radius 3 is 2.24 bits per heavy atom. The molecule has 0 spiro atoms. The molecule has 0 radical (unpaired) electrons. The molecule has 33 heavy (non-hydrogen) atoms. The Balaban J connectivity index is 2.18. The number of hydrogen-bond donors (Lipinski definition) is 2. The van der Waals surface area contributed by atoms with E-state index in [4.69, 9.17) is 18.9 Å². The number of rotatable bonds is 18. The highest BCUT2D eigenvalue weighted by Gasteiger charge is 2.31. The summed E-state index contributed by atoms with van der Waals surface area (Å²) in [6.45, 7) is 0.685. The molecule has 1 rings (SSSR count). The topological polar surface area (TPSA) is 145 Å². The summed E-state index contributed by atoms with van der Waals surface area (Å²) in [7, 11) is 1.16. The second kappa shape index (κ2) is 14.3. The fraction of sp³-hybridized carbons (Fsp3) is 0.667. The van der Waals surface area contributed by atoms with Gasteiger partial charge in [0.1, 0.15) is 12.6 Å². The summed E-state index contributed by atoms with van der Waals surface area (Å²) in [5, 5.41) is 19.9. The molecule has 12 heteroatoms. The molecule has 0 heterocycles. The second-order valence-corrected chi connectivity index (χ2v) is 10.2. The molecule has 0 saturated carbocycles. The molecule has 0 aliphatic carbocycles. The van der Waals surface area contributed by atoms with Crippen LogP contribution in [0.3, 0.4) is 0 Å². The number of nitro benzene ring substituents is 1. The van der Waals surface area contributed by atoms with Crippen molar-refractivity contribution in [1.82, 2.24) is 0 Å². The van der Waals surface area contributed by atoms with Crippen LogP contribution in [0.4, 0.5) is 5.69 Å². The molecule has 11 nitrogen and oxygen atoms in total. The van der Waals surface area contributed by atoms with Crippen molar-refractivity contribution in [2.24, 2.45) is 0 Å². The maximum atomic E-state index is 12.1. The first-order valence-corrected chi connectivity index (χ1v) is 12.4. The third-order valence-electron chi connectivity index (χ3n) is 4.55. The molecule has 1 aromatic carbocycles. The van der Waals surface area contributed by atoms with Crippen molar-refractivity contribution < 1.29 is 42.6 Å². The van der Waals surface area contributed by atoms with Gasteiger partial charge in [-0.05, 0) is 18.9 Å². The Morgan fingerprint density at radius 1 is 1.09 bits per heavy atom. The van der Waals surface area contributed by atoms with Crippen LogP contribution in [0.15, 0.2) is 24.3 Å². The van der Waals surface area contributed by atoms with Crippen molar-refractivity contribution in [3.8, 4) is 5.75 Å². The standard InChI is InChI=1S/C21H35N2O9P/c1-23(2,3)17-18(16-21(24)25)32-33(28,29)31-15-11-7-5-4-6-10-14-30-20-13-9-8-12-19(20)22(26)27/h8-9,12-13,18H,4-7,10-11,14-17H2,1-3H3,(H-,24,25,28,29)/p+1/t18-/m1/s1. The molecule has 2 atom stereocenters. The van der Waals surface area contributed by atoms with E-state index in [0.29, 0.717) is 17.5 Å². The van der Waals surface area contributed by atoms with Crippen LogP contribution in [-0.4, -0.2) is 72.4 Å². The normalized spacial score (nSPS) is 14.4. The lowest BCUT2D eigenvalue weighted by atomic mass is 10.1. The predicted octanol–water partition coefficient (Wildman–Crippen LogP) is 4.00. The Morgan fingerprint density at radius 2 is 1.67 bits per heavy atom. The number of carboxylic acid groups (broad SMARTS) is 1. The smallest absolute Gasteiger partial charge is 0.472 e. The molecule has 0 amide bonds. The van der Waals surface area contributed by atoms with Crippen LogP contribution in [0.2, 0.25) is 0 Å². The zero-order chi connectivity index (χ0) is 24.9. The van der Waals surface area contributed by atoms with Crippen molar-refractivity contribution >= 4 is 19.5 Å². The molecule has 1 unspecified atom stereocenters. The third kappa shape index (κ3) is 14.0. The number of hydrogen-bond acceptors (Lipinski definition) is 7. The molecular weight excluding hydrogens is 455 g/mol. The minimum absolute atomic E-state index is 0.0404. The highest BCUT2D eigenvalue weighted by molar-refractivity contribution is 7.47. The average molecular weight is 491 g/mol. The quantitative estimate of drug-likeness (QED) is 0.102. The molecule has 0 aromatic heterocycles. The van der Waals surface area contributed by atoms with Crippen molar-refractivity contribution in [2.75, 3.05) is 40.9 Å². The van der Waals surface area contributed by atoms with E-state index < -0.39 is 24.8 Å². The van der Waals surface area contributed by atoms with Gasteiger partial charge in [-0.1, -0.05) is 37.8 Å². The number of nitrogens with zero attached hydrogens (tertiary/aromatic N) is 2. The van der Waals surface area contributed by atoms with Gasteiger partial charge < -0.3 is 19.2 Å². The van der Waals surface area contributed by atoms with Gasteiger partial charge in [0.2, 0.25) is 0 Å². The third-order valence-corrected chi connectivity index (χ3v) is 5.62. The van der Waals surface area contributed by atoms with Crippen LogP contribution in [0.1, 0.15) is 44.9 Å². The average Bonchev–Trinajstić information content (AvgIpc) is 2.67. The first-order chi connectivity index (χ1) is 15.4. The zero-order valence-corrected chi connectivity index (χ0v) is 20.4. The largest absolute Gasteiger partial charge is 0.487 e. The molecule has 0 bridgehead atoms. The number of phosphoric acid groups is 1. The first-order valence-electron chi connectivity index (χ1n) is 10.9. The minimum atomic E-state index is -4.34. The number of phosphoric ester groups is 1. The minimum Gasteiger partial charge on any atom is -0.487 e. The summed E-state index contributed by atoms with van der Waals surface area (Å²) in [5.41, 5.74) is -0.0468. The maximum absolute atomic E-state index is 12.1. The highest BCUT2D eigenvalue weighted by atomic mass is 31.2. The Labute approximate surface area is 194 Å². The van der Waals surface area contributed by atoms with Crippen molar-refractivity contribution in [3.05, 3.63) is 34.4 Å². The summed E-state index contributed by atoms with van der Waals surface area (Å²) in [4.78, 5) is 31.4. The van der Waals surface area contributed by atoms with Gasteiger partial charge in [-0.25, -0.2) is 4.57 Å². The number of benzene rings is 1. The van der Waals surface area contributed by atoms with Crippen LogP contribution in [0.5, 0.6) is 5.75 Å². The van der Waals surface area contributed by atoms with Crippen LogP contribution in [0, 0.1) is 10.1 Å². The van der Waals surface area contributed by atoms with Crippen LogP contribution >= 0.6 is 7.82 Å². The second-order valence-electron chi connectivity index (χ2n) is 8.79. The monoisotopic (exact) mass is 491 g/mol. The maximum Gasteiger partial charge on any atom is 0.472 e. The van der Waals surface area contributed by atoms with E-state index in [1.54, 1.807) is 18.2 Å². The van der Waals surface area contributed by atoms with Crippen LogP contribution in [0.25, 0.3) is 0 Å². The van der Waals surface area contributed by atoms with E-state index in [1.807, 2.05) is 21.1 Å². The summed E-state index contributed by atoms with van der Waals surface area (Å²) in [6.07, 6.45) is 3.53. The van der Waals surface area contributed by atoms with E-state index in [1.165, 1.54) is 6.07 Å². The number of likely N-dealkylation sites (N-methyl/N-ethyl adjacent to an activating group) is 1. The van der Waals surface area contributed by atoms with Crippen molar-refractivity contribution in [2.45, 2.75) is 51.0 Å². The number of unbranched alkanes of at least 4 members (excludes halogenated alkanes) is 5. The first kappa shape index (κ1) is 29.0. The fourth-order valence-corrected chi connectivity index (χ4v) is 4.10. The summed E-state index contributed by atoms with van der Waals surface area (Å²) in [5.74, 6) is -0.844. The molecule has 2 N–H and O–H groups in total. The molecular formula is C21H36N2O9P+. The highest BCUT2D eigenvalue weighted by Crippen LogP contribution is 2.45. The van der Waals surface area contributed by atoms with Gasteiger partial charge >= 0.3 is 19.5 Å². The molecule has 0 aliphatic rings. The molecule has 0 saturated heterocycles. The number of ether oxygens (including phenoxy) is 1. The van der Waals surface area contributed by atoms with Crippen molar-refractivity contribution in [1.29, 1.82) is 0 Å². The summed E-state index contributed by atoms with van der Waals surface area (Å²) in [6, 6.07) is 6.27. The lowest BCUT2D eigenvalue weighted by Gasteiger charge is -2.29. The summed E-state index contributed by atoms with van der Waals surface area (Å²) >= 11 is 0. The SMILES string of the molecule is C[N+](C)(C)C[C@@H](CC(=O)O)OP(=O)(O)OCCCCCCCCOc1ccccc1[N+](=O)[O-]. The molecule has 0 aliphatic heterocycles. The van der Waals surface area contributed by atoms with Gasteiger partial charge in [0.05, 0.1) is 45.7 Å². The zero-order valence-electron chi connectivity index (χ0n) is 19.6. The number of nitro groups is 1. The predicted molar refractivity (Wildman–Crippen MR) is 122 cm³/mol. The lowest BCUT2D eigenvalue weighted by Crippen LogP contribution is -2.42.